The number of halogens is 1. The fraction of sp³-hybridized carbons (Fsp3) is 0.125. The Kier molecular flexibility index (Phi) is 2.28. The molecule has 0 heterocycles. The maximum Gasteiger partial charge on any atom is 0.381 e. The zero-order chi connectivity index (χ0) is 9.14. The van der Waals surface area contributed by atoms with E-state index in [1.807, 2.05) is 0 Å². The molecule has 0 unspecified atom stereocenters. The van der Waals surface area contributed by atoms with Crippen molar-refractivity contribution in [3.8, 4) is 0 Å². The van der Waals surface area contributed by atoms with Crippen LogP contribution in [0.1, 0.15) is 15.9 Å². The molecule has 0 bridgehead atoms. The minimum absolute atomic E-state index is 0.0532. The van der Waals surface area contributed by atoms with Gasteiger partial charge in [-0.25, -0.2) is 9.74 Å². The zero-order valence-electron chi connectivity index (χ0n) is 6.50. The van der Waals surface area contributed by atoms with E-state index >= 15 is 0 Å². The molecule has 1 aromatic rings. The average molecular weight is 169 g/mol. The summed E-state index contributed by atoms with van der Waals surface area (Å²) in [6.45, 7) is 1.77. The van der Waals surface area contributed by atoms with Gasteiger partial charge in [0, 0.05) is 10.2 Å². The first-order valence-electron chi connectivity index (χ1n) is 3.34. The lowest BCUT2D eigenvalue weighted by Gasteiger charge is -2.01. The molecule has 0 aromatic heterocycles. The van der Waals surface area contributed by atoms with Crippen LogP contribution in [0.15, 0.2) is 18.2 Å². The highest BCUT2D eigenvalue weighted by molar-refractivity contribution is 5.94. The number of benzene rings is 1. The van der Waals surface area contributed by atoms with Crippen LogP contribution in [0.4, 0.5) is 10.2 Å². The number of rotatable bonds is 1. The molecule has 64 valence electrons. The van der Waals surface area contributed by atoms with Crippen LogP contribution in [-0.2, 0) is 4.94 Å². The minimum atomic E-state index is -1.06. The van der Waals surface area contributed by atoms with E-state index in [2.05, 4.69) is 4.94 Å². The Morgan fingerprint density at radius 1 is 1.58 bits per heavy atom. The molecular weight excluding hydrogens is 161 g/mol. The summed E-state index contributed by atoms with van der Waals surface area (Å²) in [4.78, 5) is 13.8. The van der Waals surface area contributed by atoms with Gasteiger partial charge in [-0.2, -0.15) is 0 Å². The molecule has 1 aromatic carbocycles. The van der Waals surface area contributed by atoms with E-state index in [0.29, 0.717) is 0 Å². The summed E-state index contributed by atoms with van der Waals surface area (Å²) >= 11 is 0. The van der Waals surface area contributed by atoms with Crippen LogP contribution in [0.3, 0.4) is 0 Å². The molecule has 4 heteroatoms. The highest BCUT2D eigenvalue weighted by atomic mass is 19.3. The van der Waals surface area contributed by atoms with Crippen LogP contribution in [0.5, 0.6) is 0 Å². The van der Waals surface area contributed by atoms with Crippen molar-refractivity contribution < 1.29 is 14.3 Å². The highest BCUT2D eigenvalue weighted by Gasteiger charge is 2.11. The minimum Gasteiger partial charge on any atom is -0.398 e. The van der Waals surface area contributed by atoms with Gasteiger partial charge in [0.15, 0.2) is 0 Å². The average Bonchev–Trinajstić information content (AvgIpc) is 2.08. The maximum absolute atomic E-state index is 11.5. The van der Waals surface area contributed by atoms with Gasteiger partial charge in [-0.15, -0.1) is 0 Å². The predicted octanol–water partition coefficient (Wildman–Crippen LogP) is 1.62. The smallest absolute Gasteiger partial charge is 0.381 e. The Morgan fingerprint density at radius 3 is 2.83 bits per heavy atom. The first-order chi connectivity index (χ1) is 5.65. The van der Waals surface area contributed by atoms with Crippen LogP contribution in [-0.4, -0.2) is 5.97 Å². The Hall–Kier alpha value is -1.58. The Labute approximate surface area is 68.8 Å². The van der Waals surface area contributed by atoms with E-state index < -0.39 is 5.97 Å². The van der Waals surface area contributed by atoms with Crippen molar-refractivity contribution in [1.29, 1.82) is 0 Å². The molecule has 3 nitrogen and oxygen atoms in total. The molecule has 2 N–H and O–H groups in total. The van der Waals surface area contributed by atoms with Gasteiger partial charge in [0.25, 0.3) is 0 Å². The van der Waals surface area contributed by atoms with Crippen LogP contribution in [0.25, 0.3) is 0 Å². The number of anilines is 1. The fourth-order valence-electron chi connectivity index (χ4n) is 0.888. The van der Waals surface area contributed by atoms with Crippen molar-refractivity contribution in [2.75, 3.05) is 5.73 Å². The third kappa shape index (κ3) is 1.53. The van der Waals surface area contributed by atoms with Crippen molar-refractivity contribution in [3.63, 3.8) is 0 Å². The van der Waals surface area contributed by atoms with Crippen molar-refractivity contribution in [3.05, 3.63) is 29.3 Å². The topological polar surface area (TPSA) is 52.3 Å². The third-order valence-corrected chi connectivity index (χ3v) is 1.50. The van der Waals surface area contributed by atoms with Gasteiger partial charge >= 0.3 is 5.97 Å². The van der Waals surface area contributed by atoms with Gasteiger partial charge in [-0.05, 0) is 19.1 Å². The molecule has 0 amide bonds. The highest BCUT2D eigenvalue weighted by Crippen LogP contribution is 2.14. The molecule has 12 heavy (non-hydrogen) atoms. The molecule has 0 saturated heterocycles. The molecule has 0 atom stereocenters. The quantitative estimate of drug-likeness (QED) is 0.650. The molecule has 0 fully saturated rings. The van der Waals surface area contributed by atoms with E-state index in [0.717, 1.165) is 5.56 Å². The standard InChI is InChI=1S/C8H8FNO2/c1-5-2-3-7(10)6(4-5)8(11)12-9/h2-4H,10H2,1H3. The summed E-state index contributed by atoms with van der Waals surface area (Å²) in [5.41, 5.74) is 6.49. The van der Waals surface area contributed by atoms with Crippen LogP contribution in [0, 0.1) is 6.92 Å². The predicted molar refractivity (Wildman–Crippen MR) is 42.1 cm³/mol. The van der Waals surface area contributed by atoms with Gasteiger partial charge < -0.3 is 5.73 Å². The normalized spacial score (nSPS) is 9.50. The second-order valence-corrected chi connectivity index (χ2v) is 2.46. The van der Waals surface area contributed by atoms with Gasteiger partial charge in [0.1, 0.15) is 0 Å². The van der Waals surface area contributed by atoms with E-state index in [4.69, 9.17) is 5.73 Å². The Balaban J connectivity index is 3.13. The summed E-state index contributed by atoms with van der Waals surface area (Å²) < 4.78 is 11.5. The first-order valence-corrected chi connectivity index (χ1v) is 3.34. The first kappa shape index (κ1) is 8.52. The lowest BCUT2D eigenvalue weighted by Crippen LogP contribution is -2.03. The number of hydrogen-bond donors (Lipinski definition) is 1. The zero-order valence-corrected chi connectivity index (χ0v) is 6.50. The van der Waals surface area contributed by atoms with Gasteiger partial charge in [-0.3, -0.25) is 0 Å². The SMILES string of the molecule is Cc1ccc(N)c(C(=O)OF)c1. The van der Waals surface area contributed by atoms with Crippen LogP contribution >= 0.6 is 0 Å². The molecule has 0 aliphatic heterocycles. The van der Waals surface area contributed by atoms with Gasteiger partial charge in [0.05, 0.1) is 5.56 Å². The summed E-state index contributed by atoms with van der Waals surface area (Å²) in [7, 11) is 0. The van der Waals surface area contributed by atoms with Crippen molar-refractivity contribution >= 4 is 11.7 Å². The molecule has 0 spiro atoms. The number of carbonyl (C=O) groups is 1. The van der Waals surface area contributed by atoms with Gasteiger partial charge in [-0.1, -0.05) is 11.6 Å². The molecule has 0 saturated carbocycles. The Bertz CT molecular complexity index is 312. The summed E-state index contributed by atoms with van der Waals surface area (Å²) in [5.74, 6) is -1.06. The number of hydrogen-bond acceptors (Lipinski definition) is 3. The van der Waals surface area contributed by atoms with E-state index in [1.54, 1.807) is 13.0 Å². The molecule has 0 aliphatic rings. The lowest BCUT2D eigenvalue weighted by molar-refractivity contribution is -0.0787. The van der Waals surface area contributed by atoms with E-state index in [1.165, 1.54) is 12.1 Å². The second kappa shape index (κ2) is 3.21. The monoisotopic (exact) mass is 169 g/mol. The number of nitrogen functional groups attached to an aromatic ring is 1. The van der Waals surface area contributed by atoms with Gasteiger partial charge in [0.2, 0.25) is 0 Å². The summed E-state index contributed by atoms with van der Waals surface area (Å²) in [5, 5.41) is 0. The van der Waals surface area contributed by atoms with Crippen molar-refractivity contribution in [2.45, 2.75) is 6.92 Å². The summed E-state index contributed by atoms with van der Waals surface area (Å²) in [6, 6.07) is 4.73. The molecule has 0 radical (unpaired) electrons. The third-order valence-electron chi connectivity index (χ3n) is 1.50. The lowest BCUT2D eigenvalue weighted by atomic mass is 10.1. The molecule has 0 aliphatic carbocycles. The van der Waals surface area contributed by atoms with Crippen LogP contribution in [0.2, 0.25) is 0 Å². The fourth-order valence-corrected chi connectivity index (χ4v) is 0.888. The maximum atomic E-state index is 11.5. The number of nitrogens with two attached hydrogens (primary N) is 1. The van der Waals surface area contributed by atoms with E-state index in [-0.39, 0.29) is 11.3 Å². The van der Waals surface area contributed by atoms with Crippen LogP contribution < -0.4 is 5.73 Å². The van der Waals surface area contributed by atoms with E-state index in [9.17, 15) is 9.32 Å². The van der Waals surface area contributed by atoms with Crippen molar-refractivity contribution in [1.82, 2.24) is 0 Å². The largest absolute Gasteiger partial charge is 0.398 e. The van der Waals surface area contributed by atoms with Crippen molar-refractivity contribution in [2.24, 2.45) is 0 Å². The molecule has 1 rings (SSSR count). The second-order valence-electron chi connectivity index (χ2n) is 2.46. The number of carbonyl (C=O) groups excluding carboxylic acids is 1. The number of aryl methyl sites for hydroxylation is 1. The Morgan fingerprint density at radius 2 is 2.25 bits per heavy atom. The molecular formula is C8H8FNO2. The summed E-state index contributed by atoms with van der Waals surface area (Å²) in [6.07, 6.45) is 0.